The molecule has 1 unspecified atom stereocenters. The predicted molar refractivity (Wildman–Crippen MR) is 69.3 cm³/mol. The van der Waals surface area contributed by atoms with E-state index in [1.165, 1.54) is 0 Å². The Bertz CT molecular complexity index is 434. The summed E-state index contributed by atoms with van der Waals surface area (Å²) in [5, 5.41) is 11.8. The number of carbonyl (C=O) groups excluding carboxylic acids is 1. The first kappa shape index (κ1) is 14.2. The normalized spacial score (nSPS) is 11.9. The highest BCUT2D eigenvalue weighted by Gasteiger charge is 2.21. The summed E-state index contributed by atoms with van der Waals surface area (Å²) in [6, 6.07) is 4.58. The molecule has 1 aromatic rings. The Morgan fingerprint density at radius 2 is 1.78 bits per heavy atom. The Morgan fingerprint density at radius 3 is 2.22 bits per heavy atom. The van der Waals surface area contributed by atoms with Gasteiger partial charge in [-0.25, -0.2) is 4.79 Å². The topological polar surface area (TPSA) is 66.4 Å². The van der Waals surface area contributed by atoms with E-state index in [0.29, 0.717) is 18.4 Å². The van der Waals surface area contributed by atoms with Gasteiger partial charge in [0.05, 0.1) is 0 Å². The van der Waals surface area contributed by atoms with Crippen molar-refractivity contribution in [2.45, 2.75) is 39.7 Å². The van der Waals surface area contributed by atoms with E-state index < -0.39 is 12.0 Å². The summed E-state index contributed by atoms with van der Waals surface area (Å²) in [6.45, 7) is 5.69. The first-order valence-electron chi connectivity index (χ1n) is 6.04. The van der Waals surface area contributed by atoms with Crippen LogP contribution in [-0.4, -0.2) is 17.0 Å². The highest BCUT2D eigenvalue weighted by atomic mass is 16.4. The van der Waals surface area contributed by atoms with Crippen molar-refractivity contribution in [3.05, 3.63) is 34.9 Å². The van der Waals surface area contributed by atoms with Crippen LogP contribution in [-0.2, 0) is 9.59 Å². The second kappa shape index (κ2) is 6.19. The molecule has 1 aromatic carbocycles. The number of carbonyl (C=O) groups is 2. The molecule has 1 atom stereocenters. The monoisotopic (exact) mass is 249 g/mol. The number of carboxylic acid groups (broad SMARTS) is 1. The highest BCUT2D eigenvalue weighted by Crippen LogP contribution is 2.17. The van der Waals surface area contributed by atoms with E-state index in [9.17, 15) is 14.7 Å². The van der Waals surface area contributed by atoms with E-state index in [-0.39, 0.29) is 5.91 Å². The summed E-state index contributed by atoms with van der Waals surface area (Å²) >= 11 is 0. The first-order valence-corrected chi connectivity index (χ1v) is 6.04. The number of hydrogen-bond donors (Lipinski definition) is 2. The van der Waals surface area contributed by atoms with Crippen LogP contribution >= 0.6 is 0 Å². The maximum atomic E-state index is 11.5. The molecule has 2 N–H and O–H groups in total. The molecule has 0 bridgehead atoms. The minimum atomic E-state index is -1.04. The van der Waals surface area contributed by atoms with Gasteiger partial charge >= 0.3 is 5.97 Å². The van der Waals surface area contributed by atoms with Crippen LogP contribution in [0.5, 0.6) is 0 Å². The standard InChI is InChI=1S/C14H19NO3/c1-4-5-12(16)15-13(14(17)18)11-7-9(2)6-10(3)8-11/h6-8,13H,4-5H2,1-3H3,(H,15,16)(H,17,18). The molecule has 0 saturated carbocycles. The second-order valence-corrected chi connectivity index (χ2v) is 4.51. The number of hydrogen-bond acceptors (Lipinski definition) is 2. The van der Waals surface area contributed by atoms with Crippen molar-refractivity contribution in [2.75, 3.05) is 0 Å². The molecule has 4 nitrogen and oxygen atoms in total. The van der Waals surface area contributed by atoms with Gasteiger partial charge in [0.2, 0.25) is 5.91 Å². The summed E-state index contributed by atoms with van der Waals surface area (Å²) in [5.74, 6) is -1.27. The van der Waals surface area contributed by atoms with Crippen LogP contribution in [0.15, 0.2) is 18.2 Å². The summed E-state index contributed by atoms with van der Waals surface area (Å²) in [5.41, 5.74) is 2.59. The van der Waals surface area contributed by atoms with Crippen molar-refractivity contribution in [3.8, 4) is 0 Å². The van der Waals surface area contributed by atoms with Gasteiger partial charge in [0.15, 0.2) is 6.04 Å². The van der Waals surface area contributed by atoms with Gasteiger partial charge in [-0.2, -0.15) is 0 Å². The van der Waals surface area contributed by atoms with Crippen LogP contribution in [0.4, 0.5) is 0 Å². The molecule has 1 rings (SSSR count). The third kappa shape index (κ3) is 3.87. The van der Waals surface area contributed by atoms with Gasteiger partial charge in [-0.3, -0.25) is 4.79 Å². The fraction of sp³-hybridized carbons (Fsp3) is 0.429. The molecule has 0 aliphatic heterocycles. The number of rotatable bonds is 5. The van der Waals surface area contributed by atoms with Gasteiger partial charge in [0.1, 0.15) is 0 Å². The Kier molecular flexibility index (Phi) is 4.89. The molecule has 0 heterocycles. The molecular formula is C14H19NO3. The van der Waals surface area contributed by atoms with Gasteiger partial charge in [-0.05, 0) is 25.8 Å². The van der Waals surface area contributed by atoms with Gasteiger partial charge < -0.3 is 10.4 Å². The quantitative estimate of drug-likeness (QED) is 0.841. The maximum Gasteiger partial charge on any atom is 0.330 e. The van der Waals surface area contributed by atoms with E-state index in [1.54, 1.807) is 12.1 Å². The van der Waals surface area contributed by atoms with Crippen molar-refractivity contribution >= 4 is 11.9 Å². The Labute approximate surface area is 107 Å². The molecule has 0 radical (unpaired) electrons. The number of aryl methyl sites for hydroxylation is 2. The number of amides is 1. The molecule has 18 heavy (non-hydrogen) atoms. The largest absolute Gasteiger partial charge is 0.479 e. The molecule has 1 amide bonds. The highest BCUT2D eigenvalue weighted by molar-refractivity contribution is 5.84. The minimum absolute atomic E-state index is 0.232. The third-order valence-corrected chi connectivity index (χ3v) is 2.61. The van der Waals surface area contributed by atoms with Crippen molar-refractivity contribution < 1.29 is 14.7 Å². The maximum absolute atomic E-state index is 11.5. The van der Waals surface area contributed by atoms with E-state index >= 15 is 0 Å². The van der Waals surface area contributed by atoms with Gasteiger partial charge in [-0.15, -0.1) is 0 Å². The molecule has 0 fully saturated rings. The SMILES string of the molecule is CCCC(=O)NC(C(=O)O)c1cc(C)cc(C)c1. The van der Waals surface area contributed by atoms with Gasteiger partial charge in [0, 0.05) is 6.42 Å². The number of carboxylic acids is 1. The smallest absolute Gasteiger partial charge is 0.330 e. The van der Waals surface area contributed by atoms with Gasteiger partial charge in [0.25, 0.3) is 0 Å². The summed E-state index contributed by atoms with van der Waals surface area (Å²) in [4.78, 5) is 22.8. The molecule has 4 heteroatoms. The lowest BCUT2D eigenvalue weighted by Gasteiger charge is -2.16. The Balaban J connectivity index is 2.97. The molecule has 0 spiro atoms. The van der Waals surface area contributed by atoms with Crippen LogP contribution in [0.2, 0.25) is 0 Å². The molecule has 0 aliphatic carbocycles. The van der Waals surface area contributed by atoms with Crippen LogP contribution < -0.4 is 5.32 Å². The zero-order valence-corrected chi connectivity index (χ0v) is 11.0. The van der Waals surface area contributed by atoms with Crippen molar-refractivity contribution in [2.24, 2.45) is 0 Å². The van der Waals surface area contributed by atoms with E-state index in [4.69, 9.17) is 0 Å². The number of benzene rings is 1. The van der Waals surface area contributed by atoms with Gasteiger partial charge in [-0.1, -0.05) is 36.2 Å². The zero-order valence-electron chi connectivity index (χ0n) is 11.0. The number of aliphatic carboxylic acids is 1. The van der Waals surface area contributed by atoms with Crippen molar-refractivity contribution in [1.82, 2.24) is 5.32 Å². The molecule has 0 aromatic heterocycles. The Morgan fingerprint density at radius 1 is 1.22 bits per heavy atom. The van der Waals surface area contributed by atoms with Crippen molar-refractivity contribution in [3.63, 3.8) is 0 Å². The molecule has 0 saturated heterocycles. The fourth-order valence-electron chi connectivity index (χ4n) is 1.92. The summed E-state index contributed by atoms with van der Waals surface area (Å²) in [7, 11) is 0. The predicted octanol–water partition coefficient (Wildman–Crippen LogP) is 2.35. The summed E-state index contributed by atoms with van der Waals surface area (Å²) < 4.78 is 0. The molecule has 98 valence electrons. The van der Waals surface area contributed by atoms with Crippen molar-refractivity contribution in [1.29, 1.82) is 0 Å². The average Bonchev–Trinajstić information content (AvgIpc) is 2.24. The zero-order chi connectivity index (χ0) is 13.7. The summed E-state index contributed by atoms with van der Waals surface area (Å²) in [6.07, 6.45) is 1.04. The van der Waals surface area contributed by atoms with Crippen LogP contribution in [0, 0.1) is 13.8 Å². The first-order chi connectivity index (χ1) is 8.43. The lowest BCUT2D eigenvalue weighted by molar-refractivity contribution is -0.142. The molecular weight excluding hydrogens is 230 g/mol. The minimum Gasteiger partial charge on any atom is -0.479 e. The molecule has 0 aliphatic rings. The van der Waals surface area contributed by atoms with E-state index in [2.05, 4.69) is 5.32 Å². The van der Waals surface area contributed by atoms with E-state index in [1.807, 2.05) is 26.8 Å². The lowest BCUT2D eigenvalue weighted by atomic mass is 10.0. The number of nitrogens with one attached hydrogen (secondary N) is 1. The van der Waals surface area contributed by atoms with Crippen LogP contribution in [0.1, 0.15) is 42.5 Å². The van der Waals surface area contributed by atoms with E-state index in [0.717, 1.165) is 11.1 Å². The second-order valence-electron chi connectivity index (χ2n) is 4.51. The van der Waals surface area contributed by atoms with Crippen LogP contribution in [0.3, 0.4) is 0 Å². The lowest BCUT2D eigenvalue weighted by Crippen LogP contribution is -2.33. The van der Waals surface area contributed by atoms with Crippen LogP contribution in [0.25, 0.3) is 0 Å². The third-order valence-electron chi connectivity index (χ3n) is 2.61. The Hall–Kier alpha value is -1.84. The fourth-order valence-corrected chi connectivity index (χ4v) is 1.92. The average molecular weight is 249 g/mol.